The molecule has 4 heteroatoms. The summed E-state index contributed by atoms with van der Waals surface area (Å²) in [5.41, 5.74) is -0.767. The molecule has 0 aliphatic heterocycles. The van der Waals surface area contributed by atoms with Gasteiger partial charge >= 0.3 is 6.18 Å². The van der Waals surface area contributed by atoms with Gasteiger partial charge in [0.25, 0.3) is 0 Å². The van der Waals surface area contributed by atoms with Gasteiger partial charge in [0.1, 0.15) is 0 Å². The van der Waals surface area contributed by atoms with Crippen LogP contribution in [0.25, 0.3) is 0 Å². The minimum atomic E-state index is -4.35. The quantitative estimate of drug-likeness (QED) is 0.873. The van der Waals surface area contributed by atoms with E-state index in [-0.39, 0.29) is 0 Å². The van der Waals surface area contributed by atoms with Crippen molar-refractivity contribution in [2.75, 3.05) is 0 Å². The van der Waals surface area contributed by atoms with Crippen LogP contribution in [0, 0.1) is 12.0 Å². The Bertz CT molecular complexity index is 421. The summed E-state index contributed by atoms with van der Waals surface area (Å²) in [5, 5.41) is 9.67. The summed E-state index contributed by atoms with van der Waals surface area (Å²) >= 11 is 0. The number of hydrogen-bond donors (Lipinski definition) is 1. The minimum Gasteiger partial charge on any atom is -0.388 e. The molecule has 0 amide bonds. The second-order valence-electron chi connectivity index (χ2n) is 5.00. The first-order valence-electron chi connectivity index (χ1n) is 5.56. The largest absolute Gasteiger partial charge is 0.416 e. The maximum atomic E-state index is 12.5. The molecule has 0 spiro atoms. The normalized spacial score (nSPS) is 14.3. The van der Waals surface area contributed by atoms with Crippen LogP contribution in [0.15, 0.2) is 30.3 Å². The fourth-order valence-corrected chi connectivity index (χ4v) is 1.75. The van der Waals surface area contributed by atoms with Crippen LogP contribution in [0.2, 0.25) is 0 Å². The summed E-state index contributed by atoms with van der Waals surface area (Å²) in [4.78, 5) is 0. The Morgan fingerprint density at radius 3 is 2.44 bits per heavy atom. The molecule has 0 aliphatic rings. The summed E-state index contributed by atoms with van der Waals surface area (Å²) in [6, 6.07) is 5.11. The molecule has 1 aromatic rings. The van der Waals surface area contributed by atoms with Gasteiger partial charge in [0.2, 0.25) is 0 Å². The van der Waals surface area contributed by atoms with Crippen LogP contribution >= 0.6 is 0 Å². The van der Waals surface area contributed by atoms with Crippen molar-refractivity contribution in [1.29, 1.82) is 0 Å². The van der Waals surface area contributed by atoms with E-state index in [0.29, 0.717) is 12.0 Å². The molecule has 0 saturated carbocycles. The van der Waals surface area contributed by atoms with Crippen molar-refractivity contribution < 1.29 is 18.3 Å². The molecule has 0 saturated heterocycles. The molecule has 1 nitrogen and oxygen atoms in total. The Balaban J connectivity index is 2.96. The molecular weight excluding hydrogens is 241 g/mol. The van der Waals surface area contributed by atoms with Gasteiger partial charge in [0.15, 0.2) is 0 Å². The Morgan fingerprint density at radius 2 is 1.94 bits per heavy atom. The predicted molar refractivity (Wildman–Crippen MR) is 63.8 cm³/mol. The summed E-state index contributed by atoms with van der Waals surface area (Å²) in [7, 11) is 0. The third-order valence-electron chi connectivity index (χ3n) is 2.90. The van der Waals surface area contributed by atoms with Crippen LogP contribution in [0.1, 0.15) is 25.0 Å². The zero-order valence-corrected chi connectivity index (χ0v) is 10.3. The second-order valence-corrected chi connectivity index (χ2v) is 5.00. The van der Waals surface area contributed by atoms with Gasteiger partial charge in [-0.3, -0.25) is 0 Å². The highest BCUT2D eigenvalue weighted by molar-refractivity contribution is 5.26. The van der Waals surface area contributed by atoms with E-state index in [9.17, 15) is 18.3 Å². The van der Waals surface area contributed by atoms with Crippen molar-refractivity contribution in [3.8, 4) is 0 Å². The first-order valence-corrected chi connectivity index (χ1v) is 5.56. The monoisotopic (exact) mass is 257 g/mol. The molecule has 99 valence electrons. The van der Waals surface area contributed by atoms with E-state index in [1.165, 1.54) is 6.07 Å². The standard InChI is InChI=1S/C14H16F3O/c1-4-12(18)13(2,3)9-10-6-5-7-11(8-10)14(15,16)17/h1,4-8,12,18H,9H2,2-3H3. The molecule has 0 aliphatic carbocycles. The van der Waals surface area contributed by atoms with Gasteiger partial charge in [-0.05, 0) is 23.5 Å². The number of alkyl halides is 3. The summed E-state index contributed by atoms with van der Waals surface area (Å²) in [5.74, 6) is 0. The highest BCUT2D eigenvalue weighted by atomic mass is 19.4. The van der Waals surface area contributed by atoms with Gasteiger partial charge in [-0.2, -0.15) is 13.2 Å². The van der Waals surface area contributed by atoms with Crippen LogP contribution in [-0.4, -0.2) is 11.2 Å². The zero-order chi connectivity index (χ0) is 14.0. The fourth-order valence-electron chi connectivity index (χ4n) is 1.75. The first-order chi connectivity index (χ1) is 8.16. The molecule has 0 aromatic heterocycles. The van der Waals surface area contributed by atoms with Crippen LogP contribution in [0.3, 0.4) is 0 Å². The van der Waals surface area contributed by atoms with Crippen LogP contribution < -0.4 is 0 Å². The summed E-state index contributed by atoms with van der Waals surface area (Å²) in [6.45, 7) is 8.76. The van der Waals surface area contributed by atoms with Gasteiger partial charge in [0.05, 0.1) is 11.7 Å². The first kappa shape index (κ1) is 14.8. The third-order valence-corrected chi connectivity index (χ3v) is 2.90. The van der Waals surface area contributed by atoms with Crippen LogP contribution in [-0.2, 0) is 12.6 Å². The van der Waals surface area contributed by atoms with E-state index in [2.05, 4.69) is 0 Å². The summed E-state index contributed by atoms with van der Waals surface area (Å²) in [6.07, 6.45) is -3.76. The van der Waals surface area contributed by atoms with E-state index in [4.69, 9.17) is 6.58 Å². The second kappa shape index (κ2) is 5.14. The number of rotatable bonds is 4. The highest BCUT2D eigenvalue weighted by Gasteiger charge is 2.31. The number of hydrogen-bond acceptors (Lipinski definition) is 1. The lowest BCUT2D eigenvalue weighted by molar-refractivity contribution is -0.137. The van der Waals surface area contributed by atoms with Gasteiger partial charge in [-0.25, -0.2) is 0 Å². The Hall–Kier alpha value is -1.29. The van der Waals surface area contributed by atoms with Crippen molar-refractivity contribution in [2.45, 2.75) is 32.5 Å². The molecule has 1 atom stereocenters. The molecule has 1 N–H and O–H groups in total. The maximum absolute atomic E-state index is 12.5. The molecule has 1 aromatic carbocycles. The lowest BCUT2D eigenvalue weighted by atomic mass is 9.80. The molecule has 0 bridgehead atoms. The average Bonchev–Trinajstić information content (AvgIpc) is 2.26. The molecule has 1 radical (unpaired) electrons. The lowest BCUT2D eigenvalue weighted by Crippen LogP contribution is -2.29. The van der Waals surface area contributed by atoms with E-state index in [1.54, 1.807) is 19.9 Å². The van der Waals surface area contributed by atoms with Crippen molar-refractivity contribution in [3.05, 3.63) is 48.0 Å². The van der Waals surface area contributed by atoms with Crippen molar-refractivity contribution in [1.82, 2.24) is 0 Å². The van der Waals surface area contributed by atoms with Gasteiger partial charge in [0, 0.05) is 0 Å². The summed E-state index contributed by atoms with van der Waals surface area (Å²) < 4.78 is 37.6. The average molecular weight is 257 g/mol. The van der Waals surface area contributed by atoms with E-state index in [1.807, 2.05) is 0 Å². The Labute approximate surface area is 105 Å². The molecule has 0 heterocycles. The number of aliphatic hydroxyl groups is 1. The fraction of sp³-hybridized carbons (Fsp3) is 0.429. The Kier molecular flexibility index (Phi) is 4.22. The smallest absolute Gasteiger partial charge is 0.388 e. The molecule has 1 unspecified atom stereocenters. The van der Waals surface area contributed by atoms with E-state index in [0.717, 1.165) is 18.2 Å². The molecule has 1 rings (SSSR count). The third kappa shape index (κ3) is 3.60. The number of benzene rings is 1. The molecular formula is C14H16F3O. The van der Waals surface area contributed by atoms with Crippen LogP contribution in [0.4, 0.5) is 13.2 Å². The number of aliphatic hydroxyl groups excluding tert-OH is 1. The lowest BCUT2D eigenvalue weighted by Gasteiger charge is -2.28. The number of halogens is 3. The molecule has 18 heavy (non-hydrogen) atoms. The minimum absolute atomic E-state index is 0.311. The van der Waals surface area contributed by atoms with Crippen molar-refractivity contribution in [2.24, 2.45) is 5.41 Å². The molecule has 0 fully saturated rings. The highest BCUT2D eigenvalue weighted by Crippen LogP contribution is 2.32. The van der Waals surface area contributed by atoms with Gasteiger partial charge in [-0.1, -0.05) is 44.7 Å². The predicted octanol–water partition coefficient (Wildman–Crippen LogP) is 3.62. The van der Waals surface area contributed by atoms with E-state index >= 15 is 0 Å². The van der Waals surface area contributed by atoms with Crippen molar-refractivity contribution >= 4 is 0 Å². The Morgan fingerprint density at radius 1 is 1.33 bits per heavy atom. The van der Waals surface area contributed by atoms with Gasteiger partial charge in [-0.15, -0.1) is 0 Å². The van der Waals surface area contributed by atoms with Crippen molar-refractivity contribution in [3.63, 3.8) is 0 Å². The van der Waals surface area contributed by atoms with E-state index < -0.39 is 23.3 Å². The van der Waals surface area contributed by atoms with Crippen LogP contribution in [0.5, 0.6) is 0 Å². The van der Waals surface area contributed by atoms with Gasteiger partial charge < -0.3 is 5.11 Å². The zero-order valence-electron chi connectivity index (χ0n) is 10.3. The SMILES string of the molecule is [CH]=CC(O)C(C)(C)Cc1cccc(C(F)(F)F)c1. The topological polar surface area (TPSA) is 20.2 Å². The maximum Gasteiger partial charge on any atom is 0.416 e.